The zero-order chi connectivity index (χ0) is 18.8. The predicted molar refractivity (Wildman–Crippen MR) is 114 cm³/mol. The van der Waals surface area contributed by atoms with E-state index in [9.17, 15) is 4.39 Å². The van der Waals surface area contributed by atoms with E-state index in [1.807, 2.05) is 30.3 Å². The lowest BCUT2D eigenvalue weighted by Gasteiger charge is -2.14. The minimum absolute atomic E-state index is 0. The third-order valence-electron chi connectivity index (χ3n) is 4.90. The molecule has 4 rings (SSSR count). The van der Waals surface area contributed by atoms with Gasteiger partial charge in [-0.1, -0.05) is 23.7 Å². The molecule has 1 aliphatic carbocycles. The standard InChI is InChI=1S/C22H20ClFN2O.ClH/c23-18-12-15(6-9-19(18)24)21-13-22(17-2-1-3-20(17)26-21)25-16-7-4-14(5-8-16)10-11-27;/h4-9,12-13,27H,1-3,10-11H2,(H,25,26);1H. The second kappa shape index (κ2) is 8.91. The molecule has 28 heavy (non-hydrogen) atoms. The van der Waals surface area contributed by atoms with Gasteiger partial charge in [-0.15, -0.1) is 12.4 Å². The number of benzene rings is 2. The number of rotatable bonds is 5. The quantitative estimate of drug-likeness (QED) is 0.555. The van der Waals surface area contributed by atoms with Crippen LogP contribution in [0, 0.1) is 5.82 Å². The smallest absolute Gasteiger partial charge is 0.141 e. The molecule has 0 radical (unpaired) electrons. The van der Waals surface area contributed by atoms with Crippen LogP contribution >= 0.6 is 24.0 Å². The number of pyridine rings is 1. The minimum atomic E-state index is -0.428. The fourth-order valence-electron chi connectivity index (χ4n) is 3.50. The number of fused-ring (bicyclic) bond motifs is 1. The monoisotopic (exact) mass is 418 g/mol. The van der Waals surface area contributed by atoms with Crippen molar-refractivity contribution in [1.82, 2.24) is 4.98 Å². The van der Waals surface area contributed by atoms with E-state index in [0.29, 0.717) is 6.42 Å². The van der Waals surface area contributed by atoms with Crippen molar-refractivity contribution in [2.75, 3.05) is 11.9 Å². The number of nitrogens with one attached hydrogen (secondary N) is 1. The summed E-state index contributed by atoms with van der Waals surface area (Å²) in [5.41, 5.74) is 7.04. The average molecular weight is 419 g/mol. The summed E-state index contributed by atoms with van der Waals surface area (Å²) in [7, 11) is 0. The van der Waals surface area contributed by atoms with Crippen LogP contribution in [0.3, 0.4) is 0 Å². The fourth-order valence-corrected chi connectivity index (χ4v) is 3.68. The van der Waals surface area contributed by atoms with Crippen LogP contribution in [-0.2, 0) is 19.3 Å². The van der Waals surface area contributed by atoms with Crippen LogP contribution < -0.4 is 5.32 Å². The lowest BCUT2D eigenvalue weighted by Crippen LogP contribution is -2.00. The molecule has 0 amide bonds. The summed E-state index contributed by atoms with van der Waals surface area (Å²) >= 11 is 5.95. The maximum atomic E-state index is 13.5. The molecule has 3 nitrogen and oxygen atoms in total. The first-order valence-corrected chi connectivity index (χ1v) is 9.47. The SMILES string of the molecule is Cl.OCCc1ccc(Nc2cc(-c3ccc(F)c(Cl)c3)nc3c2CCC3)cc1. The normalized spacial score (nSPS) is 12.4. The van der Waals surface area contributed by atoms with Crippen molar-refractivity contribution in [3.05, 3.63) is 76.2 Å². The van der Waals surface area contributed by atoms with E-state index in [1.165, 1.54) is 11.6 Å². The molecule has 2 aromatic carbocycles. The van der Waals surface area contributed by atoms with Gasteiger partial charge in [-0.05, 0) is 73.2 Å². The van der Waals surface area contributed by atoms with Crippen molar-refractivity contribution in [2.24, 2.45) is 0 Å². The lowest BCUT2D eigenvalue weighted by molar-refractivity contribution is 0.299. The summed E-state index contributed by atoms with van der Waals surface area (Å²) in [4.78, 5) is 4.79. The Morgan fingerprint density at radius 2 is 1.86 bits per heavy atom. The van der Waals surface area contributed by atoms with Gasteiger partial charge in [0.15, 0.2) is 0 Å². The van der Waals surface area contributed by atoms with Gasteiger partial charge in [-0.25, -0.2) is 4.39 Å². The average Bonchev–Trinajstić information content (AvgIpc) is 3.15. The molecule has 0 saturated heterocycles. The van der Waals surface area contributed by atoms with Crippen molar-refractivity contribution < 1.29 is 9.50 Å². The summed E-state index contributed by atoms with van der Waals surface area (Å²) in [5.74, 6) is -0.428. The molecule has 6 heteroatoms. The van der Waals surface area contributed by atoms with Crippen LogP contribution in [0.15, 0.2) is 48.5 Å². The number of nitrogens with zero attached hydrogens (tertiary/aromatic N) is 1. The molecule has 0 aliphatic heterocycles. The summed E-state index contributed by atoms with van der Waals surface area (Å²) in [6.07, 6.45) is 3.68. The molecule has 0 bridgehead atoms. The first kappa shape index (κ1) is 20.6. The third-order valence-corrected chi connectivity index (χ3v) is 5.19. The van der Waals surface area contributed by atoms with Gasteiger partial charge in [-0.2, -0.15) is 0 Å². The first-order chi connectivity index (χ1) is 13.1. The number of hydrogen-bond donors (Lipinski definition) is 2. The van der Waals surface area contributed by atoms with E-state index in [1.54, 1.807) is 12.1 Å². The van der Waals surface area contributed by atoms with Crippen molar-refractivity contribution >= 4 is 35.4 Å². The molecule has 0 saturated carbocycles. The fraction of sp³-hybridized carbons (Fsp3) is 0.227. The molecule has 1 aromatic heterocycles. The van der Waals surface area contributed by atoms with E-state index in [2.05, 4.69) is 5.32 Å². The minimum Gasteiger partial charge on any atom is -0.396 e. The van der Waals surface area contributed by atoms with Gasteiger partial charge in [-0.3, -0.25) is 4.98 Å². The highest BCUT2D eigenvalue weighted by atomic mass is 35.5. The van der Waals surface area contributed by atoms with Gasteiger partial charge in [0.05, 0.1) is 10.7 Å². The Bertz CT molecular complexity index is 977. The molecule has 146 valence electrons. The molecule has 1 heterocycles. The van der Waals surface area contributed by atoms with Crippen molar-refractivity contribution in [2.45, 2.75) is 25.7 Å². The molecule has 0 atom stereocenters. The van der Waals surface area contributed by atoms with E-state index in [0.717, 1.165) is 53.2 Å². The maximum Gasteiger partial charge on any atom is 0.141 e. The summed E-state index contributed by atoms with van der Waals surface area (Å²) < 4.78 is 13.5. The molecular weight excluding hydrogens is 398 g/mol. The van der Waals surface area contributed by atoms with Gasteiger partial charge in [0, 0.05) is 29.2 Å². The lowest BCUT2D eigenvalue weighted by atomic mass is 10.1. The number of halogens is 3. The Morgan fingerprint density at radius 3 is 2.57 bits per heavy atom. The number of aliphatic hydroxyl groups excluding tert-OH is 1. The van der Waals surface area contributed by atoms with Crippen LogP contribution in [0.5, 0.6) is 0 Å². The Kier molecular flexibility index (Phi) is 6.55. The van der Waals surface area contributed by atoms with Crippen LogP contribution in [-0.4, -0.2) is 16.7 Å². The Labute approximate surface area is 175 Å². The highest BCUT2D eigenvalue weighted by molar-refractivity contribution is 6.31. The maximum absolute atomic E-state index is 13.5. The van der Waals surface area contributed by atoms with E-state index in [4.69, 9.17) is 21.7 Å². The van der Waals surface area contributed by atoms with Gasteiger partial charge < -0.3 is 10.4 Å². The van der Waals surface area contributed by atoms with Crippen molar-refractivity contribution in [3.63, 3.8) is 0 Å². The van der Waals surface area contributed by atoms with Crippen molar-refractivity contribution in [1.29, 1.82) is 0 Å². The molecule has 0 fully saturated rings. The number of aromatic nitrogens is 1. The van der Waals surface area contributed by atoms with Crippen molar-refractivity contribution in [3.8, 4) is 11.3 Å². The highest BCUT2D eigenvalue weighted by Crippen LogP contribution is 2.34. The van der Waals surface area contributed by atoms with E-state index in [-0.39, 0.29) is 24.0 Å². The highest BCUT2D eigenvalue weighted by Gasteiger charge is 2.19. The Balaban J connectivity index is 0.00000225. The molecular formula is C22H21Cl2FN2O. The Morgan fingerprint density at radius 1 is 1.07 bits per heavy atom. The second-order valence-corrected chi connectivity index (χ2v) is 7.17. The number of aliphatic hydroxyl groups is 1. The zero-order valence-electron chi connectivity index (χ0n) is 15.2. The van der Waals surface area contributed by atoms with Crippen LogP contribution in [0.25, 0.3) is 11.3 Å². The molecule has 2 N–H and O–H groups in total. The molecule has 0 spiro atoms. The zero-order valence-corrected chi connectivity index (χ0v) is 16.8. The van der Waals surface area contributed by atoms with Gasteiger partial charge in [0.2, 0.25) is 0 Å². The van der Waals surface area contributed by atoms with Crippen LogP contribution in [0.1, 0.15) is 23.2 Å². The van der Waals surface area contributed by atoms with Gasteiger partial charge in [0.25, 0.3) is 0 Å². The van der Waals surface area contributed by atoms with E-state index >= 15 is 0 Å². The molecule has 3 aromatic rings. The molecule has 0 unspecified atom stereocenters. The van der Waals surface area contributed by atoms with Gasteiger partial charge >= 0.3 is 0 Å². The largest absolute Gasteiger partial charge is 0.396 e. The Hall–Kier alpha value is -2.14. The number of aryl methyl sites for hydroxylation is 1. The van der Waals surface area contributed by atoms with Gasteiger partial charge in [0.1, 0.15) is 5.82 Å². The third kappa shape index (κ3) is 4.30. The van der Waals surface area contributed by atoms with Crippen LogP contribution in [0.4, 0.5) is 15.8 Å². The van der Waals surface area contributed by atoms with Crippen LogP contribution in [0.2, 0.25) is 5.02 Å². The number of hydrogen-bond acceptors (Lipinski definition) is 3. The molecule has 1 aliphatic rings. The predicted octanol–water partition coefficient (Wildman–Crippen LogP) is 5.73. The summed E-state index contributed by atoms with van der Waals surface area (Å²) in [5, 5.41) is 12.7. The second-order valence-electron chi connectivity index (χ2n) is 6.76. The van der Waals surface area contributed by atoms with E-state index < -0.39 is 5.82 Å². The number of anilines is 2. The summed E-state index contributed by atoms with van der Waals surface area (Å²) in [6.45, 7) is 0.147. The summed E-state index contributed by atoms with van der Waals surface area (Å²) in [6, 6.07) is 14.8. The topological polar surface area (TPSA) is 45.1 Å². The first-order valence-electron chi connectivity index (χ1n) is 9.09.